The van der Waals surface area contributed by atoms with E-state index in [0.29, 0.717) is 30.6 Å². The first-order valence-corrected chi connectivity index (χ1v) is 11.7. The average Bonchev–Trinajstić information content (AvgIpc) is 2.64. The second-order valence-electron chi connectivity index (χ2n) is 9.24. The Labute approximate surface area is 197 Å². The molecule has 0 aliphatic heterocycles. The van der Waals surface area contributed by atoms with Crippen LogP contribution in [-0.4, -0.2) is 56.7 Å². The molecule has 0 heterocycles. The van der Waals surface area contributed by atoms with Gasteiger partial charge in [-0.15, -0.1) is 0 Å². The fourth-order valence-electron chi connectivity index (χ4n) is 3.15. The molecule has 31 heavy (non-hydrogen) atoms. The third kappa shape index (κ3) is 21.7. The number of unbranched alkanes of at least 4 members (excludes halogenated alkanes) is 4. The normalized spacial score (nSPS) is 11.5. The maximum absolute atomic E-state index is 12.1. The van der Waals surface area contributed by atoms with E-state index in [2.05, 4.69) is 39.1 Å². The highest BCUT2D eigenvalue weighted by atomic mass is 35.5. The number of rotatable bonds is 17. The van der Waals surface area contributed by atoms with Gasteiger partial charge < -0.3 is 26.9 Å². The average molecular weight is 459 g/mol. The Morgan fingerprint density at radius 1 is 0.935 bits per heavy atom. The minimum absolute atomic E-state index is 0. The smallest absolute Gasteiger partial charge is 0.362 e. The molecule has 182 valence electrons. The minimum atomic E-state index is -0.176. The Hall–Kier alpha value is -1.33. The lowest BCUT2D eigenvalue weighted by atomic mass is 10.1. The predicted molar refractivity (Wildman–Crippen MR) is 126 cm³/mol. The largest absolute Gasteiger partial charge is 1.00 e. The van der Waals surface area contributed by atoms with Crippen molar-refractivity contribution in [1.29, 1.82) is 0 Å². The highest BCUT2D eigenvalue weighted by Gasteiger charge is 2.20. The summed E-state index contributed by atoms with van der Waals surface area (Å²) in [5.41, 5.74) is 2.58. The molecule has 0 aliphatic rings. The second kappa shape index (κ2) is 19.4. The number of hydrogen-bond donors (Lipinski definition) is 1. The molecule has 0 rings (SSSR count). The molecule has 5 nitrogen and oxygen atoms in total. The molecule has 0 saturated heterocycles. The van der Waals surface area contributed by atoms with Crippen molar-refractivity contribution in [1.82, 2.24) is 5.32 Å². The molecule has 0 bridgehead atoms. The van der Waals surface area contributed by atoms with Gasteiger partial charge in [-0.3, -0.25) is 4.79 Å². The zero-order valence-corrected chi connectivity index (χ0v) is 21.7. The van der Waals surface area contributed by atoms with Crippen LogP contribution in [0.25, 0.3) is 0 Å². The molecule has 0 atom stereocenters. The van der Waals surface area contributed by atoms with Gasteiger partial charge in [0, 0.05) is 19.4 Å². The first kappa shape index (κ1) is 31.9. The number of esters is 1. The zero-order valence-electron chi connectivity index (χ0n) is 20.9. The van der Waals surface area contributed by atoms with E-state index in [-0.39, 0.29) is 24.3 Å². The van der Waals surface area contributed by atoms with E-state index in [4.69, 9.17) is 4.74 Å². The van der Waals surface area contributed by atoms with Gasteiger partial charge in [0.2, 0.25) is 5.91 Å². The van der Waals surface area contributed by atoms with Crippen LogP contribution in [0.5, 0.6) is 0 Å². The van der Waals surface area contributed by atoms with Crippen molar-refractivity contribution in [2.75, 3.05) is 40.3 Å². The summed E-state index contributed by atoms with van der Waals surface area (Å²) < 4.78 is 5.94. The van der Waals surface area contributed by atoms with Crippen LogP contribution in [0.3, 0.4) is 0 Å². The maximum Gasteiger partial charge on any atom is 0.362 e. The van der Waals surface area contributed by atoms with Crippen molar-refractivity contribution in [3.63, 3.8) is 0 Å². The van der Waals surface area contributed by atoms with Gasteiger partial charge in [-0.25, -0.2) is 4.79 Å². The maximum atomic E-state index is 12.1. The Bertz CT molecular complexity index is 553. The number of quaternary nitrogens is 1. The molecular formula is C25H47ClN2O3. The summed E-state index contributed by atoms with van der Waals surface area (Å²) in [7, 11) is 4.05. The van der Waals surface area contributed by atoms with E-state index in [1.165, 1.54) is 30.4 Å². The second-order valence-corrected chi connectivity index (χ2v) is 9.24. The number of carbonyl (C=O) groups excluding carboxylic acids is 2. The van der Waals surface area contributed by atoms with E-state index in [0.717, 1.165) is 38.6 Å². The van der Waals surface area contributed by atoms with Gasteiger partial charge in [-0.05, 0) is 46.1 Å². The molecule has 0 saturated carbocycles. The summed E-state index contributed by atoms with van der Waals surface area (Å²) >= 11 is 0. The Morgan fingerprint density at radius 3 is 2.26 bits per heavy atom. The summed E-state index contributed by atoms with van der Waals surface area (Å²) in [5.74, 6) is -0.0348. The molecule has 0 unspecified atom stereocenters. The van der Waals surface area contributed by atoms with Crippen molar-refractivity contribution < 1.29 is 31.2 Å². The number of carbonyl (C=O) groups is 2. The van der Waals surface area contributed by atoms with Gasteiger partial charge in [-0.1, -0.05) is 49.8 Å². The summed E-state index contributed by atoms with van der Waals surface area (Å²) in [4.78, 5) is 24.0. The third-order valence-electron chi connectivity index (χ3n) is 5.09. The summed E-state index contributed by atoms with van der Waals surface area (Å²) in [6.07, 6.45) is 13.5. The van der Waals surface area contributed by atoms with Crippen LogP contribution in [0, 0.1) is 0 Å². The van der Waals surface area contributed by atoms with Gasteiger partial charge in [0.15, 0.2) is 6.54 Å². The van der Waals surface area contributed by atoms with E-state index in [1.807, 2.05) is 20.2 Å². The number of allylic oxidation sites excluding steroid dienone is 3. The third-order valence-corrected chi connectivity index (χ3v) is 5.09. The Balaban J connectivity index is 0. The number of nitrogens with zero attached hydrogens (tertiary/aromatic N) is 1. The first-order chi connectivity index (χ1) is 14.2. The molecule has 0 aromatic heterocycles. The van der Waals surface area contributed by atoms with E-state index >= 15 is 0 Å². The quantitative estimate of drug-likeness (QED) is 0.157. The lowest BCUT2D eigenvalue weighted by Crippen LogP contribution is -3.00. The molecular weight excluding hydrogens is 412 g/mol. The van der Waals surface area contributed by atoms with Crippen LogP contribution >= 0.6 is 0 Å². The molecule has 1 N–H and O–H groups in total. The number of nitrogens with one attached hydrogen (secondary N) is 1. The number of amides is 1. The lowest BCUT2D eigenvalue weighted by Gasteiger charge is -2.28. The zero-order chi connectivity index (χ0) is 22.8. The minimum Gasteiger partial charge on any atom is -1.00 e. The van der Waals surface area contributed by atoms with Crippen molar-refractivity contribution in [3.8, 4) is 0 Å². The van der Waals surface area contributed by atoms with Crippen molar-refractivity contribution >= 4 is 11.9 Å². The summed E-state index contributed by atoms with van der Waals surface area (Å²) in [6, 6.07) is 0. The molecule has 6 heteroatoms. The molecule has 0 aromatic rings. The molecule has 0 radical (unpaired) electrons. The fourth-order valence-corrected chi connectivity index (χ4v) is 3.15. The molecule has 0 aliphatic carbocycles. The fraction of sp³-hybridized carbons (Fsp3) is 0.760. The first-order valence-electron chi connectivity index (χ1n) is 11.7. The van der Waals surface area contributed by atoms with Gasteiger partial charge in [0.1, 0.15) is 6.61 Å². The Kier molecular flexibility index (Phi) is 19.9. The van der Waals surface area contributed by atoms with Crippen LogP contribution in [-0.2, 0) is 14.3 Å². The molecule has 0 fully saturated rings. The van der Waals surface area contributed by atoms with Gasteiger partial charge in [-0.2, -0.15) is 0 Å². The number of ether oxygens (including phenoxy) is 1. The van der Waals surface area contributed by atoms with Crippen molar-refractivity contribution in [3.05, 3.63) is 23.3 Å². The number of likely N-dealkylation sites (N-methyl/N-ethyl adjacent to an activating group) is 1. The van der Waals surface area contributed by atoms with Crippen LogP contribution in [0.4, 0.5) is 0 Å². The van der Waals surface area contributed by atoms with Gasteiger partial charge in [0.05, 0.1) is 20.6 Å². The number of halogens is 1. The summed E-state index contributed by atoms with van der Waals surface area (Å²) in [6.45, 7) is 10.6. The summed E-state index contributed by atoms with van der Waals surface area (Å²) in [5, 5.41) is 2.99. The molecule has 1 amide bonds. The highest BCUT2D eigenvalue weighted by Crippen LogP contribution is 2.07. The topological polar surface area (TPSA) is 55.4 Å². The lowest BCUT2D eigenvalue weighted by molar-refractivity contribution is -0.883. The van der Waals surface area contributed by atoms with E-state index in [1.54, 1.807) is 0 Å². The predicted octanol–water partition coefficient (Wildman–Crippen LogP) is 2.17. The Morgan fingerprint density at radius 2 is 1.61 bits per heavy atom. The number of hydrogen-bond acceptors (Lipinski definition) is 3. The molecule has 0 spiro atoms. The van der Waals surface area contributed by atoms with Crippen molar-refractivity contribution in [2.45, 2.75) is 85.5 Å². The highest BCUT2D eigenvalue weighted by molar-refractivity contribution is 5.75. The van der Waals surface area contributed by atoms with Gasteiger partial charge >= 0.3 is 5.97 Å². The monoisotopic (exact) mass is 458 g/mol. The molecule has 0 aromatic carbocycles. The SMILES string of the molecule is CCCCCCCC(=O)NCCC[N+](C)(C)CC(=O)OCC=C(C)CCC=C(C)C.[Cl-]. The van der Waals surface area contributed by atoms with Crippen molar-refractivity contribution in [2.24, 2.45) is 0 Å². The van der Waals surface area contributed by atoms with Crippen LogP contribution < -0.4 is 17.7 Å². The van der Waals surface area contributed by atoms with Crippen LogP contribution in [0.15, 0.2) is 23.3 Å². The van der Waals surface area contributed by atoms with E-state index < -0.39 is 0 Å². The van der Waals surface area contributed by atoms with Crippen LogP contribution in [0.1, 0.15) is 85.5 Å². The van der Waals surface area contributed by atoms with E-state index in [9.17, 15) is 9.59 Å². The van der Waals surface area contributed by atoms with Gasteiger partial charge in [0.25, 0.3) is 0 Å². The standard InChI is InChI=1S/C25H46N2O3.ClH/c1-7-8-9-10-11-16-24(28)26-18-13-19-27(5,6)21-25(29)30-20-17-23(4)15-12-14-22(2)3;/h14,17H,7-13,15-16,18-21H2,1-6H3;1H. The van der Waals surface area contributed by atoms with Crippen LogP contribution in [0.2, 0.25) is 0 Å².